The van der Waals surface area contributed by atoms with Crippen LogP contribution in [0, 0.1) is 15.9 Å². The summed E-state index contributed by atoms with van der Waals surface area (Å²) >= 11 is 0. The molecule has 1 saturated carbocycles. The fourth-order valence-corrected chi connectivity index (χ4v) is 4.50. The second-order valence-electron chi connectivity index (χ2n) is 7.98. The van der Waals surface area contributed by atoms with Crippen LogP contribution in [0.5, 0.6) is 0 Å². The minimum absolute atomic E-state index is 0.0694. The molecule has 6 nitrogen and oxygen atoms in total. The van der Waals surface area contributed by atoms with Gasteiger partial charge in [-0.1, -0.05) is 0 Å². The molecule has 0 spiro atoms. The summed E-state index contributed by atoms with van der Waals surface area (Å²) in [6.45, 7) is 7.09. The maximum Gasteiger partial charge on any atom is 0.292 e. The van der Waals surface area contributed by atoms with Crippen molar-refractivity contribution < 1.29 is 14.1 Å². The highest BCUT2D eigenvalue weighted by atomic mass is 19.1. The van der Waals surface area contributed by atoms with Crippen LogP contribution in [0.2, 0.25) is 0 Å². The van der Waals surface area contributed by atoms with Crippen LogP contribution in [0.25, 0.3) is 0 Å². The number of nitro groups is 1. The summed E-state index contributed by atoms with van der Waals surface area (Å²) in [5, 5.41) is 14.4. The highest BCUT2D eigenvalue weighted by Crippen LogP contribution is 2.37. The van der Waals surface area contributed by atoms with Crippen molar-refractivity contribution in [3.63, 3.8) is 0 Å². The first-order valence-electron chi connectivity index (χ1n) is 9.98. The van der Waals surface area contributed by atoms with Gasteiger partial charge in [0.2, 0.25) is 0 Å². The predicted molar refractivity (Wildman–Crippen MR) is 104 cm³/mol. The van der Waals surface area contributed by atoms with Gasteiger partial charge in [-0.15, -0.1) is 0 Å². The van der Waals surface area contributed by atoms with Gasteiger partial charge in [0.15, 0.2) is 0 Å². The number of piperidine rings is 1. The second kappa shape index (κ2) is 8.52. The topological polar surface area (TPSA) is 67.6 Å². The van der Waals surface area contributed by atoms with Crippen molar-refractivity contribution in [1.29, 1.82) is 0 Å². The SMILES string of the molecule is CCOC1CCC(C)(N2CCC(Nc3cc(F)ccc3[N+](=O)[O-])CC2)CC1. The third-order valence-electron chi connectivity index (χ3n) is 6.19. The summed E-state index contributed by atoms with van der Waals surface area (Å²) < 4.78 is 19.3. The Labute approximate surface area is 160 Å². The van der Waals surface area contributed by atoms with E-state index >= 15 is 0 Å². The van der Waals surface area contributed by atoms with E-state index in [1.807, 2.05) is 0 Å². The van der Waals surface area contributed by atoms with Crippen molar-refractivity contribution in [2.75, 3.05) is 25.0 Å². The van der Waals surface area contributed by atoms with Gasteiger partial charge in [-0.2, -0.15) is 0 Å². The van der Waals surface area contributed by atoms with E-state index in [-0.39, 0.29) is 23.0 Å². The zero-order valence-electron chi connectivity index (χ0n) is 16.2. The lowest BCUT2D eigenvalue weighted by atomic mass is 9.79. The highest BCUT2D eigenvalue weighted by molar-refractivity contribution is 5.61. The Morgan fingerprint density at radius 3 is 2.56 bits per heavy atom. The van der Waals surface area contributed by atoms with Gasteiger partial charge in [0.05, 0.1) is 11.0 Å². The van der Waals surface area contributed by atoms with Crippen molar-refractivity contribution in [3.8, 4) is 0 Å². The highest BCUT2D eigenvalue weighted by Gasteiger charge is 2.38. The Bertz CT molecular complexity index is 654. The van der Waals surface area contributed by atoms with E-state index in [2.05, 4.69) is 24.1 Å². The number of likely N-dealkylation sites (tertiary alicyclic amines) is 1. The summed E-state index contributed by atoms with van der Waals surface area (Å²) in [4.78, 5) is 13.3. The van der Waals surface area contributed by atoms with Gasteiger partial charge in [-0.3, -0.25) is 15.0 Å². The van der Waals surface area contributed by atoms with Gasteiger partial charge in [0.1, 0.15) is 11.5 Å². The zero-order valence-corrected chi connectivity index (χ0v) is 16.2. The summed E-state index contributed by atoms with van der Waals surface area (Å²) in [6.07, 6.45) is 6.71. The maximum absolute atomic E-state index is 13.5. The quantitative estimate of drug-likeness (QED) is 0.588. The molecule has 1 saturated heterocycles. The molecule has 7 heteroatoms. The van der Waals surface area contributed by atoms with Crippen LogP contribution in [0.3, 0.4) is 0 Å². The molecule has 150 valence electrons. The molecular weight excluding hydrogens is 349 g/mol. The first-order chi connectivity index (χ1) is 12.9. The summed E-state index contributed by atoms with van der Waals surface area (Å²) in [6, 6.07) is 3.71. The van der Waals surface area contributed by atoms with Crippen molar-refractivity contribution >= 4 is 11.4 Å². The molecule has 2 aliphatic rings. The van der Waals surface area contributed by atoms with Gasteiger partial charge >= 0.3 is 0 Å². The normalized spacial score (nSPS) is 27.4. The average molecular weight is 379 g/mol. The number of anilines is 1. The molecule has 0 radical (unpaired) electrons. The van der Waals surface area contributed by atoms with E-state index in [4.69, 9.17) is 4.74 Å². The molecular formula is C20H30FN3O3. The lowest BCUT2D eigenvalue weighted by molar-refractivity contribution is -0.384. The standard InChI is InChI=1S/C20H30FN3O3/c1-3-27-17-6-10-20(2,11-7-17)23-12-8-16(9-13-23)22-18-14-15(21)4-5-19(18)24(25)26/h4-5,14,16-17,22H,3,6-13H2,1-2H3. The predicted octanol–water partition coefficient (Wildman–Crippen LogP) is 4.35. The number of nitro benzene ring substituents is 1. The number of hydrogen-bond acceptors (Lipinski definition) is 5. The lowest BCUT2D eigenvalue weighted by Crippen LogP contribution is -2.53. The van der Waals surface area contributed by atoms with Crippen LogP contribution < -0.4 is 5.32 Å². The molecule has 0 amide bonds. The molecule has 2 fully saturated rings. The molecule has 1 aromatic rings. The molecule has 1 aromatic carbocycles. The third-order valence-corrected chi connectivity index (χ3v) is 6.19. The van der Waals surface area contributed by atoms with Crippen molar-refractivity contribution in [2.24, 2.45) is 0 Å². The van der Waals surface area contributed by atoms with E-state index in [9.17, 15) is 14.5 Å². The third kappa shape index (κ3) is 4.76. The van der Waals surface area contributed by atoms with E-state index in [0.717, 1.165) is 64.3 Å². The Morgan fingerprint density at radius 2 is 1.96 bits per heavy atom. The second-order valence-corrected chi connectivity index (χ2v) is 7.98. The molecule has 0 atom stereocenters. The minimum atomic E-state index is -0.464. The Balaban J connectivity index is 1.55. The van der Waals surface area contributed by atoms with Crippen LogP contribution in [-0.4, -0.2) is 47.2 Å². The molecule has 1 N–H and O–H groups in total. The molecule has 27 heavy (non-hydrogen) atoms. The van der Waals surface area contributed by atoms with Gasteiger partial charge in [0, 0.05) is 43.4 Å². The van der Waals surface area contributed by atoms with Gasteiger partial charge in [-0.25, -0.2) is 4.39 Å². The van der Waals surface area contributed by atoms with E-state index < -0.39 is 10.7 Å². The van der Waals surface area contributed by atoms with Gasteiger partial charge < -0.3 is 10.1 Å². The van der Waals surface area contributed by atoms with E-state index in [1.54, 1.807) is 0 Å². The number of halogens is 1. The van der Waals surface area contributed by atoms with Crippen LogP contribution in [0.4, 0.5) is 15.8 Å². The first-order valence-corrected chi connectivity index (χ1v) is 9.98. The van der Waals surface area contributed by atoms with Crippen molar-refractivity contribution in [2.45, 2.75) is 70.1 Å². The Morgan fingerprint density at radius 1 is 1.30 bits per heavy atom. The van der Waals surface area contributed by atoms with Crippen LogP contribution in [0.1, 0.15) is 52.4 Å². The van der Waals surface area contributed by atoms with Crippen molar-refractivity contribution in [3.05, 3.63) is 34.1 Å². The number of hydrogen-bond donors (Lipinski definition) is 1. The van der Waals surface area contributed by atoms with Gasteiger partial charge in [0.25, 0.3) is 5.69 Å². The first kappa shape index (κ1) is 20.0. The monoisotopic (exact) mass is 379 g/mol. The molecule has 0 aromatic heterocycles. The molecule has 0 unspecified atom stereocenters. The maximum atomic E-state index is 13.5. The number of nitrogens with one attached hydrogen (secondary N) is 1. The van der Waals surface area contributed by atoms with Crippen LogP contribution in [-0.2, 0) is 4.74 Å². The van der Waals surface area contributed by atoms with E-state index in [1.165, 1.54) is 12.1 Å². The largest absolute Gasteiger partial charge is 0.379 e. The molecule has 3 rings (SSSR count). The molecule has 0 bridgehead atoms. The number of benzene rings is 1. The Kier molecular flexibility index (Phi) is 6.32. The van der Waals surface area contributed by atoms with Crippen molar-refractivity contribution in [1.82, 2.24) is 4.90 Å². The number of rotatable bonds is 6. The lowest BCUT2D eigenvalue weighted by Gasteiger charge is -2.48. The number of nitrogens with zero attached hydrogens (tertiary/aromatic N) is 2. The molecule has 1 heterocycles. The molecule has 1 aliphatic carbocycles. The zero-order chi connectivity index (χ0) is 19.4. The van der Waals surface area contributed by atoms with Gasteiger partial charge in [-0.05, 0) is 58.4 Å². The minimum Gasteiger partial charge on any atom is -0.379 e. The average Bonchev–Trinajstić information content (AvgIpc) is 2.64. The fourth-order valence-electron chi connectivity index (χ4n) is 4.50. The smallest absolute Gasteiger partial charge is 0.292 e. The Hall–Kier alpha value is -1.73. The number of ether oxygens (including phenoxy) is 1. The van der Waals surface area contributed by atoms with Crippen LogP contribution in [0.15, 0.2) is 18.2 Å². The summed E-state index contributed by atoms with van der Waals surface area (Å²) in [5.74, 6) is -0.459. The van der Waals surface area contributed by atoms with Crippen LogP contribution >= 0.6 is 0 Å². The molecule has 1 aliphatic heterocycles. The fraction of sp³-hybridized carbons (Fsp3) is 0.700. The summed E-state index contributed by atoms with van der Waals surface area (Å²) in [7, 11) is 0. The summed E-state index contributed by atoms with van der Waals surface area (Å²) in [5.41, 5.74) is 0.422. The van der Waals surface area contributed by atoms with E-state index in [0.29, 0.717) is 6.10 Å².